The number of aromatic amines is 2. The summed E-state index contributed by atoms with van der Waals surface area (Å²) in [6, 6.07) is 11.0. The van der Waals surface area contributed by atoms with E-state index in [-0.39, 0.29) is 16.6 Å². The van der Waals surface area contributed by atoms with E-state index in [0.29, 0.717) is 17.4 Å². The van der Waals surface area contributed by atoms with Crippen LogP contribution in [0.4, 0.5) is 15.8 Å². The molecule has 0 amide bonds. The van der Waals surface area contributed by atoms with E-state index in [1.54, 1.807) is 6.07 Å². The van der Waals surface area contributed by atoms with Crippen LogP contribution in [-0.4, -0.2) is 53.1 Å². The standard InChI is InChI=1S/C22H23FN6O/c1-28(2)13-8-9-29(11-13)12-6-7-15-17(10-12)26-21(25-15)19-20(24)18-14(23)4-3-5-16(18)27-22(19)30/h3-7,10,13H,8-9,11H2,1-2H3,(H,25,26)(H3,24,27,30)/t13-/m1/s1. The molecule has 0 saturated carbocycles. The number of pyridine rings is 1. The fraction of sp³-hybridized carbons (Fsp3) is 0.273. The van der Waals surface area contributed by atoms with Crippen molar-refractivity contribution in [3.63, 3.8) is 0 Å². The minimum Gasteiger partial charge on any atom is -0.397 e. The molecule has 2 aromatic heterocycles. The average Bonchev–Trinajstić information content (AvgIpc) is 3.34. The molecule has 7 nitrogen and oxygen atoms in total. The second kappa shape index (κ2) is 6.84. The van der Waals surface area contributed by atoms with Crippen molar-refractivity contribution in [1.29, 1.82) is 0 Å². The molecular formula is C22H23FN6O. The molecule has 8 heteroatoms. The van der Waals surface area contributed by atoms with Gasteiger partial charge in [0.15, 0.2) is 0 Å². The third kappa shape index (κ3) is 2.91. The highest BCUT2D eigenvalue weighted by Gasteiger charge is 2.24. The molecule has 4 N–H and O–H groups in total. The summed E-state index contributed by atoms with van der Waals surface area (Å²) in [6.45, 7) is 1.96. The van der Waals surface area contributed by atoms with E-state index in [1.165, 1.54) is 12.1 Å². The highest BCUT2D eigenvalue weighted by Crippen LogP contribution is 2.31. The normalized spacial score (nSPS) is 16.9. The van der Waals surface area contributed by atoms with Gasteiger partial charge in [0.05, 0.1) is 27.6 Å². The minimum atomic E-state index is -0.481. The molecule has 0 radical (unpaired) electrons. The summed E-state index contributed by atoms with van der Waals surface area (Å²) in [5, 5.41) is 0.194. The number of fused-ring (bicyclic) bond motifs is 2. The Morgan fingerprint density at radius 3 is 2.80 bits per heavy atom. The molecule has 5 rings (SSSR count). The van der Waals surface area contributed by atoms with Gasteiger partial charge in [-0.05, 0) is 50.8 Å². The van der Waals surface area contributed by atoms with E-state index >= 15 is 0 Å². The van der Waals surface area contributed by atoms with Crippen LogP contribution < -0.4 is 16.2 Å². The Kier molecular flexibility index (Phi) is 4.25. The van der Waals surface area contributed by atoms with E-state index in [1.807, 2.05) is 18.2 Å². The van der Waals surface area contributed by atoms with Crippen molar-refractivity contribution in [3.05, 3.63) is 52.6 Å². The Hall–Kier alpha value is -3.39. The van der Waals surface area contributed by atoms with Crippen LogP contribution in [0.15, 0.2) is 41.2 Å². The highest BCUT2D eigenvalue weighted by atomic mass is 19.1. The number of aromatic nitrogens is 3. The van der Waals surface area contributed by atoms with Crippen molar-refractivity contribution in [2.75, 3.05) is 37.8 Å². The molecule has 154 valence electrons. The maximum Gasteiger partial charge on any atom is 0.261 e. The molecule has 0 unspecified atom stereocenters. The van der Waals surface area contributed by atoms with Gasteiger partial charge in [0.2, 0.25) is 0 Å². The van der Waals surface area contributed by atoms with Crippen LogP contribution in [0.5, 0.6) is 0 Å². The lowest BCUT2D eigenvalue weighted by atomic mass is 10.1. The van der Waals surface area contributed by atoms with Crippen LogP contribution in [0.2, 0.25) is 0 Å². The molecule has 1 atom stereocenters. The number of imidazole rings is 1. The summed E-state index contributed by atoms with van der Waals surface area (Å²) < 4.78 is 14.4. The first-order chi connectivity index (χ1) is 14.4. The topological polar surface area (TPSA) is 94.0 Å². The Labute approximate surface area is 172 Å². The molecule has 1 saturated heterocycles. The Bertz CT molecular complexity index is 1320. The molecule has 3 heterocycles. The van der Waals surface area contributed by atoms with Gasteiger partial charge in [-0.15, -0.1) is 0 Å². The molecule has 4 aromatic rings. The number of H-pyrrole nitrogens is 2. The second-order valence-electron chi connectivity index (χ2n) is 8.04. The number of nitrogens with zero attached hydrogens (tertiary/aromatic N) is 3. The summed E-state index contributed by atoms with van der Waals surface area (Å²) in [5.74, 6) is -0.149. The molecule has 1 fully saturated rings. The Morgan fingerprint density at radius 1 is 1.20 bits per heavy atom. The third-order valence-electron chi connectivity index (χ3n) is 5.99. The molecule has 1 aliphatic heterocycles. The fourth-order valence-electron chi connectivity index (χ4n) is 4.28. The van der Waals surface area contributed by atoms with Crippen LogP contribution in [0.1, 0.15) is 6.42 Å². The van der Waals surface area contributed by atoms with Gasteiger partial charge in [-0.2, -0.15) is 0 Å². The minimum absolute atomic E-state index is 0.0829. The van der Waals surface area contributed by atoms with E-state index in [9.17, 15) is 9.18 Å². The number of anilines is 2. The molecule has 0 aliphatic carbocycles. The van der Waals surface area contributed by atoms with Gasteiger partial charge >= 0.3 is 0 Å². The van der Waals surface area contributed by atoms with Crippen LogP contribution in [0.25, 0.3) is 33.3 Å². The first-order valence-electron chi connectivity index (χ1n) is 9.94. The number of nitrogen functional groups attached to an aromatic ring is 1. The number of benzene rings is 2. The van der Waals surface area contributed by atoms with Crippen molar-refractivity contribution in [2.24, 2.45) is 0 Å². The van der Waals surface area contributed by atoms with E-state index in [0.717, 1.165) is 36.2 Å². The molecule has 30 heavy (non-hydrogen) atoms. The first-order valence-corrected chi connectivity index (χ1v) is 9.94. The summed E-state index contributed by atoms with van der Waals surface area (Å²) in [5.41, 5.74) is 9.05. The summed E-state index contributed by atoms with van der Waals surface area (Å²) in [6.07, 6.45) is 1.12. The smallest absolute Gasteiger partial charge is 0.261 e. The van der Waals surface area contributed by atoms with Crippen LogP contribution in [0.3, 0.4) is 0 Å². The zero-order valence-electron chi connectivity index (χ0n) is 16.9. The molecule has 2 aromatic carbocycles. The lowest BCUT2D eigenvalue weighted by Crippen LogP contribution is -2.31. The molecule has 1 aliphatic rings. The largest absolute Gasteiger partial charge is 0.397 e. The number of hydrogen-bond acceptors (Lipinski definition) is 5. The lowest BCUT2D eigenvalue weighted by molar-refractivity contribution is 0.315. The van der Waals surface area contributed by atoms with Crippen molar-refractivity contribution >= 4 is 33.3 Å². The van der Waals surface area contributed by atoms with Crippen molar-refractivity contribution in [2.45, 2.75) is 12.5 Å². The summed E-state index contributed by atoms with van der Waals surface area (Å²) in [7, 11) is 4.21. The zero-order valence-corrected chi connectivity index (χ0v) is 16.9. The van der Waals surface area contributed by atoms with Gasteiger partial charge in [-0.3, -0.25) is 4.79 Å². The van der Waals surface area contributed by atoms with Gasteiger partial charge < -0.3 is 25.5 Å². The van der Waals surface area contributed by atoms with Crippen molar-refractivity contribution in [1.82, 2.24) is 19.9 Å². The third-order valence-corrected chi connectivity index (χ3v) is 5.99. The van der Waals surface area contributed by atoms with Crippen molar-refractivity contribution in [3.8, 4) is 11.4 Å². The van der Waals surface area contributed by atoms with Crippen LogP contribution >= 0.6 is 0 Å². The maximum absolute atomic E-state index is 14.4. The first kappa shape index (κ1) is 18.6. The molecule has 0 spiro atoms. The van der Waals surface area contributed by atoms with Crippen LogP contribution in [-0.2, 0) is 0 Å². The van der Waals surface area contributed by atoms with E-state index in [2.05, 4.69) is 38.8 Å². The average molecular weight is 406 g/mol. The summed E-state index contributed by atoms with van der Waals surface area (Å²) in [4.78, 5) is 27.7. The quantitative estimate of drug-likeness (QED) is 0.486. The monoisotopic (exact) mass is 406 g/mol. The maximum atomic E-state index is 14.4. The Balaban J connectivity index is 1.58. The Morgan fingerprint density at radius 2 is 2.03 bits per heavy atom. The van der Waals surface area contributed by atoms with Gasteiger partial charge in [0.25, 0.3) is 5.56 Å². The van der Waals surface area contributed by atoms with Gasteiger partial charge in [-0.1, -0.05) is 6.07 Å². The number of likely N-dealkylation sites (N-methyl/N-ethyl adjacent to an activating group) is 1. The lowest BCUT2D eigenvalue weighted by Gasteiger charge is -2.21. The van der Waals surface area contributed by atoms with Crippen LogP contribution in [0, 0.1) is 5.82 Å². The predicted octanol–water partition coefficient (Wildman–Crippen LogP) is 2.93. The van der Waals surface area contributed by atoms with Gasteiger partial charge in [0, 0.05) is 24.8 Å². The van der Waals surface area contributed by atoms with E-state index in [4.69, 9.17) is 5.73 Å². The zero-order chi connectivity index (χ0) is 21.0. The number of rotatable bonds is 3. The van der Waals surface area contributed by atoms with E-state index < -0.39 is 11.4 Å². The molecule has 0 bridgehead atoms. The molecular weight excluding hydrogens is 383 g/mol. The van der Waals surface area contributed by atoms with Gasteiger partial charge in [-0.25, -0.2) is 9.37 Å². The second-order valence-corrected chi connectivity index (χ2v) is 8.04. The van der Waals surface area contributed by atoms with Gasteiger partial charge in [0.1, 0.15) is 17.2 Å². The summed E-state index contributed by atoms with van der Waals surface area (Å²) >= 11 is 0. The predicted molar refractivity (Wildman–Crippen MR) is 118 cm³/mol. The number of halogens is 1. The highest BCUT2D eigenvalue weighted by molar-refractivity contribution is 5.98. The number of nitrogens with two attached hydrogens (primary N) is 1. The number of nitrogens with one attached hydrogen (secondary N) is 2. The fourth-order valence-corrected chi connectivity index (χ4v) is 4.28. The number of hydrogen-bond donors (Lipinski definition) is 3. The SMILES string of the molecule is CN(C)[C@@H]1CCN(c2ccc3nc(-c4c(N)c5c(F)cccc5[nH]c4=O)[nH]c3c2)C1. The van der Waals surface area contributed by atoms with Crippen molar-refractivity contribution < 1.29 is 4.39 Å².